The van der Waals surface area contributed by atoms with Gasteiger partial charge in [0.25, 0.3) is 23.6 Å². The summed E-state index contributed by atoms with van der Waals surface area (Å²) in [5.41, 5.74) is 6.64. The summed E-state index contributed by atoms with van der Waals surface area (Å²) in [5, 5.41) is 1.91. The van der Waals surface area contributed by atoms with E-state index in [2.05, 4.69) is 0 Å². The number of hydrogen-bond donors (Lipinski definition) is 0. The van der Waals surface area contributed by atoms with Crippen molar-refractivity contribution in [2.75, 3.05) is 42.7 Å². The van der Waals surface area contributed by atoms with Crippen molar-refractivity contribution < 1.29 is 92.6 Å². The van der Waals surface area contributed by atoms with Gasteiger partial charge < -0.3 is 63.8 Å². The predicted octanol–water partition coefficient (Wildman–Crippen LogP) is 18.9. The van der Waals surface area contributed by atoms with Crippen LogP contribution in [0.4, 0.5) is 0 Å². The number of fused-ring (bicyclic) bond motifs is 2. The second-order valence-corrected chi connectivity index (χ2v) is 37.1. The second-order valence-electron chi connectivity index (χ2n) is 31.1. The Kier molecular flexibility index (Phi) is 22.1. The largest absolute Gasteiger partial charge is 0.500 e. The minimum Gasteiger partial charge on any atom is -0.469 e. The fourth-order valence-corrected chi connectivity index (χ4v) is 22.1. The Morgan fingerprint density at radius 1 is 0.377 bits per heavy atom. The van der Waals surface area contributed by atoms with Gasteiger partial charge in [-0.05, 0) is 247 Å². The molecule has 9 aromatic carbocycles. The number of hydrogen-bond acceptors (Lipinski definition) is 20. The summed E-state index contributed by atoms with van der Waals surface area (Å²) in [6.07, 6.45) is 6.04. The third-order valence-electron chi connectivity index (χ3n) is 22.7. The Balaban J connectivity index is 1.01. The fraction of sp³-hybridized carbons (Fsp3) is 0.356. The Morgan fingerprint density at radius 2 is 0.649 bits per heavy atom. The molecule has 2 aromatic heterocycles. The van der Waals surface area contributed by atoms with Crippen LogP contribution in [0.15, 0.2) is 143 Å². The molecule has 0 spiro atoms. The van der Waals surface area contributed by atoms with Crippen molar-refractivity contribution in [2.24, 2.45) is 11.8 Å². The zero-order valence-corrected chi connectivity index (χ0v) is 68.7. The molecular formula is C90H94N2O20Si2. The van der Waals surface area contributed by atoms with E-state index in [-0.39, 0.29) is 113 Å². The molecule has 22 nitrogen and oxygen atoms in total. The van der Waals surface area contributed by atoms with Crippen LogP contribution in [0.2, 0.25) is 12.1 Å². The highest BCUT2D eigenvalue weighted by Gasteiger charge is 2.50. The van der Waals surface area contributed by atoms with E-state index in [1.54, 1.807) is 91.2 Å². The van der Waals surface area contributed by atoms with Gasteiger partial charge in [0.05, 0.1) is 34.8 Å². The number of ether oxygens (including phenoxy) is 6. The van der Waals surface area contributed by atoms with Gasteiger partial charge in [-0.15, -0.1) is 0 Å². The lowest BCUT2D eigenvalue weighted by Gasteiger charge is -2.37. The van der Waals surface area contributed by atoms with Gasteiger partial charge in [0.1, 0.15) is 81.8 Å². The summed E-state index contributed by atoms with van der Waals surface area (Å²) < 4.78 is 89.8. The maximum absolute atomic E-state index is 16.8. The second kappa shape index (κ2) is 32.0. The number of aryl methyl sites for hydroxylation is 8. The fourth-order valence-electron chi connectivity index (χ4n) is 18.0. The number of carbonyl (C=O) groups is 6. The molecule has 2 saturated carbocycles. The molecule has 592 valence electrons. The summed E-state index contributed by atoms with van der Waals surface area (Å²) in [5.74, 6) is -2.79. The molecule has 2 aliphatic carbocycles. The average Bonchev–Trinajstić information content (AvgIpc) is 0.699. The molecule has 0 N–H and O–H groups in total. The van der Waals surface area contributed by atoms with E-state index in [4.69, 9.17) is 63.8 Å². The first-order chi connectivity index (χ1) is 54.8. The van der Waals surface area contributed by atoms with Crippen molar-refractivity contribution in [2.45, 2.75) is 156 Å². The molecule has 11 aromatic rings. The molecule has 15 rings (SSSR count). The Labute approximate surface area is 663 Å². The number of rotatable bonds is 28. The minimum absolute atomic E-state index is 0.0147. The lowest BCUT2D eigenvalue weighted by molar-refractivity contribution is -0.157. The Hall–Kier alpha value is -10.5. The smallest absolute Gasteiger partial charge is 0.469 e. The Morgan fingerprint density at radius 3 is 0.895 bits per heavy atom. The molecule has 4 heterocycles. The van der Waals surface area contributed by atoms with Crippen molar-refractivity contribution in [1.82, 2.24) is 9.80 Å². The van der Waals surface area contributed by atoms with Crippen molar-refractivity contribution in [3.63, 3.8) is 0 Å². The molecule has 6 unspecified atom stereocenters. The standard InChI is InChI=1S/C90H94N2O20Si2/c1-49-27-50(2)32-63(31-49)107-73-43-67-77-68(86(94)91(85(67)93)71(41-59-23-17-25-105-59)89(97)111-61-21-15-19-57(39-61)47-113(99-9,100-10)101-11)45-75(109-65-35-53(5)29-54(6)36-65)81-82-76(110-66-37-55(7)30-56(8)38-66)46-70-78-69(44-74(80(84(78)82)79(73)83(77)81)108-64-33-51(3)28-52(4)34-64)87(95)92(88(70)96)72(42-60-24-18-26-106-60)90(98)112-62-22-16-20-58(40-62)48-114(102-12,103-13)104-14/h17-18,23-38,43-46,57-58,61-62,71-72H,15-16,19-22,39-42,47-48H2,1-14H3. The molecule has 6 atom stereocenters. The number of amides is 4. The maximum atomic E-state index is 16.8. The van der Waals surface area contributed by atoms with Gasteiger partial charge in [0.2, 0.25) is 0 Å². The molecule has 0 bridgehead atoms. The van der Waals surface area contributed by atoms with Crippen LogP contribution in [0.3, 0.4) is 0 Å². The van der Waals surface area contributed by atoms with E-state index in [0.29, 0.717) is 85.1 Å². The number of furan rings is 2. The zero-order chi connectivity index (χ0) is 80.3. The molecule has 2 fully saturated rings. The average molecular weight is 1580 g/mol. The summed E-state index contributed by atoms with van der Waals surface area (Å²) in [4.78, 5) is 100. The minimum atomic E-state index is -3.08. The number of imide groups is 2. The highest BCUT2D eigenvalue weighted by atomic mass is 28.4. The van der Waals surface area contributed by atoms with Gasteiger partial charge in [-0.1, -0.05) is 37.1 Å². The predicted molar refractivity (Wildman–Crippen MR) is 432 cm³/mol. The van der Waals surface area contributed by atoms with Gasteiger partial charge in [-0.25, -0.2) is 9.59 Å². The normalized spacial score (nSPS) is 17.8. The quantitative estimate of drug-likeness (QED) is 0.0145. The lowest BCUT2D eigenvalue weighted by Crippen LogP contribution is -2.53. The van der Waals surface area contributed by atoms with Gasteiger partial charge >= 0.3 is 29.5 Å². The highest BCUT2D eigenvalue weighted by molar-refractivity contribution is 6.61. The third kappa shape index (κ3) is 15.2. The summed E-state index contributed by atoms with van der Waals surface area (Å²) in [7, 11) is 3.22. The monoisotopic (exact) mass is 1580 g/mol. The molecule has 4 amide bonds. The number of benzene rings is 9. The first-order valence-electron chi connectivity index (χ1n) is 38.7. The lowest BCUT2D eigenvalue weighted by atomic mass is 9.80. The summed E-state index contributed by atoms with van der Waals surface area (Å²) in [6.45, 7) is 15.5. The van der Waals surface area contributed by atoms with Crippen molar-refractivity contribution in [3.05, 3.63) is 212 Å². The van der Waals surface area contributed by atoms with Crippen LogP contribution in [-0.4, -0.2) is 130 Å². The van der Waals surface area contributed by atoms with E-state index in [0.717, 1.165) is 67.1 Å². The van der Waals surface area contributed by atoms with Crippen molar-refractivity contribution in [1.29, 1.82) is 0 Å². The van der Waals surface area contributed by atoms with Crippen LogP contribution >= 0.6 is 0 Å². The van der Waals surface area contributed by atoms with E-state index >= 15 is 28.8 Å². The third-order valence-corrected chi connectivity index (χ3v) is 28.6. The summed E-state index contributed by atoms with van der Waals surface area (Å²) in [6, 6.07) is 33.7. The van der Waals surface area contributed by atoms with Gasteiger partial charge in [0.15, 0.2) is 0 Å². The van der Waals surface area contributed by atoms with Crippen molar-refractivity contribution in [3.8, 4) is 46.0 Å². The Bertz CT molecular complexity index is 4920. The number of nitrogens with zero attached hydrogens (tertiary/aromatic N) is 2. The highest BCUT2D eigenvalue weighted by Crippen LogP contribution is 2.59. The SMILES string of the molecule is CO[Si](CC1CCCC(OC(=O)C(Cc2ccco2)N2C(=O)c3cc(Oc4cc(C)cc(C)c4)c4c5c(Oc6cc(C)cc(C)c6)cc6c7c(cc(Oc8cc(C)cc(C)c8)c(c8c(Oc9cc(C)cc(C)c9)cc(c3c48)C2=O)c75)C(=O)N(C(Cc2ccco2)C(=O)OC2CCCC(C[Si](OC)(OC)OC)C2)C6=O)C1)(OC)OC. The van der Waals surface area contributed by atoms with Crippen LogP contribution in [0.5, 0.6) is 46.0 Å². The zero-order valence-electron chi connectivity index (χ0n) is 66.7. The number of esters is 2. The maximum Gasteiger partial charge on any atom is 0.500 e. The first kappa shape index (κ1) is 78.7. The van der Waals surface area contributed by atoms with Crippen LogP contribution in [0, 0.1) is 67.2 Å². The van der Waals surface area contributed by atoms with E-state index in [1.165, 1.54) is 12.5 Å². The van der Waals surface area contributed by atoms with Crippen molar-refractivity contribution >= 4 is 96.3 Å². The van der Waals surface area contributed by atoms with Gasteiger partial charge in [-0.2, -0.15) is 0 Å². The molecule has 0 saturated heterocycles. The van der Waals surface area contributed by atoms with E-state index in [1.807, 2.05) is 128 Å². The van der Waals surface area contributed by atoms with Crippen LogP contribution < -0.4 is 18.9 Å². The van der Waals surface area contributed by atoms with Crippen LogP contribution in [0.25, 0.3) is 43.1 Å². The molecule has 24 heteroatoms. The van der Waals surface area contributed by atoms with Crippen LogP contribution in [0.1, 0.15) is 149 Å². The molecule has 0 radical (unpaired) electrons. The summed E-state index contributed by atoms with van der Waals surface area (Å²) >= 11 is 0. The van der Waals surface area contributed by atoms with Gasteiger partial charge in [0, 0.05) is 111 Å². The van der Waals surface area contributed by atoms with E-state index < -0.39 is 77.5 Å². The van der Waals surface area contributed by atoms with Gasteiger partial charge in [-0.3, -0.25) is 29.0 Å². The molecule has 114 heavy (non-hydrogen) atoms. The van der Waals surface area contributed by atoms with E-state index in [9.17, 15) is 0 Å². The van der Waals surface area contributed by atoms with Crippen LogP contribution in [-0.2, 0) is 58.5 Å². The molecule has 4 aliphatic rings. The number of carbonyl (C=O) groups excluding carboxylic acids is 6. The molecule has 2 aliphatic heterocycles. The molecular weight excluding hydrogens is 1490 g/mol. The topological polar surface area (TPSA) is 246 Å². The first-order valence-corrected chi connectivity index (χ1v) is 42.6.